The molecule has 0 saturated heterocycles. The van der Waals surface area contributed by atoms with Gasteiger partial charge in [0, 0.05) is 17.7 Å². The van der Waals surface area contributed by atoms with Crippen LogP contribution in [0.3, 0.4) is 0 Å². The Bertz CT molecular complexity index is 663. The van der Waals surface area contributed by atoms with E-state index in [9.17, 15) is 9.18 Å². The van der Waals surface area contributed by atoms with Crippen LogP contribution in [0.25, 0.3) is 0 Å². The summed E-state index contributed by atoms with van der Waals surface area (Å²) in [7, 11) is 0. The molecule has 2 aromatic carbocycles. The van der Waals surface area contributed by atoms with Gasteiger partial charge in [-0.3, -0.25) is 4.79 Å². The number of nitrogens with zero attached hydrogens (tertiary/aromatic N) is 1. The molecule has 0 N–H and O–H groups in total. The molecule has 1 aliphatic heterocycles. The minimum absolute atomic E-state index is 0.0238. The summed E-state index contributed by atoms with van der Waals surface area (Å²) in [4.78, 5) is 15.6. The zero-order valence-corrected chi connectivity index (χ0v) is 10.2. The SMILES string of the molecule is O=C1N=CC(Cc2cccc(F)c2)c2ccccc21. The molecule has 3 heteroatoms. The normalized spacial score (nSPS) is 17.3. The van der Waals surface area contributed by atoms with Gasteiger partial charge in [-0.05, 0) is 35.7 Å². The first-order valence-corrected chi connectivity index (χ1v) is 6.16. The van der Waals surface area contributed by atoms with Crippen LogP contribution in [-0.4, -0.2) is 12.1 Å². The third-order valence-electron chi connectivity index (χ3n) is 3.31. The van der Waals surface area contributed by atoms with E-state index in [1.165, 1.54) is 12.1 Å². The van der Waals surface area contributed by atoms with Crippen LogP contribution in [-0.2, 0) is 6.42 Å². The summed E-state index contributed by atoms with van der Waals surface area (Å²) in [5, 5.41) is 0. The molecule has 1 atom stereocenters. The van der Waals surface area contributed by atoms with E-state index >= 15 is 0 Å². The second-order valence-corrected chi connectivity index (χ2v) is 4.61. The molecule has 1 aliphatic rings. The fraction of sp³-hybridized carbons (Fsp3) is 0.125. The molecule has 94 valence electrons. The van der Waals surface area contributed by atoms with E-state index in [-0.39, 0.29) is 17.6 Å². The standard InChI is InChI=1S/C16H12FNO/c17-13-5-3-4-11(9-13)8-12-10-18-16(19)15-7-2-1-6-14(12)15/h1-7,9-10,12H,8H2. The van der Waals surface area contributed by atoms with Gasteiger partial charge in [-0.25, -0.2) is 9.38 Å². The van der Waals surface area contributed by atoms with Gasteiger partial charge in [0.1, 0.15) is 5.82 Å². The molecule has 0 fully saturated rings. The Labute approximate surface area is 110 Å². The Balaban J connectivity index is 1.94. The number of hydrogen-bond acceptors (Lipinski definition) is 1. The Morgan fingerprint density at radius 3 is 2.79 bits per heavy atom. The van der Waals surface area contributed by atoms with Crippen LogP contribution >= 0.6 is 0 Å². The highest BCUT2D eigenvalue weighted by Crippen LogP contribution is 2.26. The molecule has 1 unspecified atom stereocenters. The Kier molecular flexibility index (Phi) is 2.95. The number of carbonyl (C=O) groups is 1. The number of amides is 1. The summed E-state index contributed by atoms with van der Waals surface area (Å²) in [6.07, 6.45) is 2.31. The van der Waals surface area contributed by atoms with E-state index in [1.54, 1.807) is 18.3 Å². The molecule has 1 amide bonds. The molecule has 0 spiro atoms. The number of fused-ring (bicyclic) bond motifs is 1. The minimum atomic E-state index is -0.241. The summed E-state index contributed by atoms with van der Waals surface area (Å²) in [6.45, 7) is 0. The predicted octanol–water partition coefficient (Wildman–Crippen LogP) is 3.38. The van der Waals surface area contributed by atoms with E-state index in [4.69, 9.17) is 0 Å². The van der Waals surface area contributed by atoms with E-state index in [0.29, 0.717) is 12.0 Å². The molecule has 0 aliphatic carbocycles. The average molecular weight is 253 g/mol. The van der Waals surface area contributed by atoms with Crippen molar-refractivity contribution >= 4 is 12.1 Å². The highest BCUT2D eigenvalue weighted by molar-refractivity contribution is 6.04. The van der Waals surface area contributed by atoms with Gasteiger partial charge in [-0.2, -0.15) is 0 Å². The maximum Gasteiger partial charge on any atom is 0.276 e. The number of aliphatic imine (C=N–C) groups is 1. The summed E-state index contributed by atoms with van der Waals surface area (Å²) in [5.74, 6) is -0.420. The van der Waals surface area contributed by atoms with Crippen molar-refractivity contribution in [1.82, 2.24) is 0 Å². The molecule has 0 bridgehead atoms. The van der Waals surface area contributed by atoms with Gasteiger partial charge in [0.2, 0.25) is 0 Å². The van der Waals surface area contributed by atoms with Crippen molar-refractivity contribution in [3.63, 3.8) is 0 Å². The molecule has 19 heavy (non-hydrogen) atoms. The second-order valence-electron chi connectivity index (χ2n) is 4.61. The summed E-state index contributed by atoms with van der Waals surface area (Å²) >= 11 is 0. The van der Waals surface area contributed by atoms with Crippen LogP contribution in [0.5, 0.6) is 0 Å². The lowest BCUT2D eigenvalue weighted by molar-refractivity contribution is 0.1000. The molecule has 0 aromatic heterocycles. The largest absolute Gasteiger partial charge is 0.276 e. The van der Waals surface area contributed by atoms with Crippen molar-refractivity contribution in [1.29, 1.82) is 0 Å². The average Bonchev–Trinajstić information content (AvgIpc) is 2.42. The lowest BCUT2D eigenvalue weighted by Gasteiger charge is -2.19. The van der Waals surface area contributed by atoms with Crippen LogP contribution in [0.1, 0.15) is 27.4 Å². The van der Waals surface area contributed by atoms with Crippen molar-refractivity contribution in [2.24, 2.45) is 4.99 Å². The van der Waals surface area contributed by atoms with Crippen LogP contribution in [0.2, 0.25) is 0 Å². The lowest BCUT2D eigenvalue weighted by Crippen LogP contribution is -2.15. The quantitative estimate of drug-likeness (QED) is 0.806. The Hall–Kier alpha value is -2.29. The van der Waals surface area contributed by atoms with Crippen LogP contribution < -0.4 is 0 Å². The van der Waals surface area contributed by atoms with Gasteiger partial charge in [0.15, 0.2) is 0 Å². The molecule has 0 radical (unpaired) electrons. The zero-order valence-electron chi connectivity index (χ0n) is 10.2. The molecular weight excluding hydrogens is 241 g/mol. The first-order chi connectivity index (χ1) is 9.24. The molecule has 3 rings (SSSR count). The van der Waals surface area contributed by atoms with Crippen LogP contribution in [0.4, 0.5) is 4.39 Å². The topological polar surface area (TPSA) is 29.4 Å². The van der Waals surface area contributed by atoms with Gasteiger partial charge in [0.05, 0.1) is 0 Å². The van der Waals surface area contributed by atoms with Gasteiger partial charge in [-0.15, -0.1) is 0 Å². The number of carbonyl (C=O) groups excluding carboxylic acids is 1. The van der Waals surface area contributed by atoms with Crippen LogP contribution in [0, 0.1) is 5.82 Å². The summed E-state index contributed by atoms with van der Waals surface area (Å²) < 4.78 is 13.2. The highest BCUT2D eigenvalue weighted by atomic mass is 19.1. The van der Waals surface area contributed by atoms with Crippen molar-refractivity contribution < 1.29 is 9.18 Å². The maximum atomic E-state index is 13.2. The molecule has 1 heterocycles. The molecular formula is C16H12FNO. The smallest absolute Gasteiger partial charge is 0.267 e. The Morgan fingerprint density at radius 1 is 1.11 bits per heavy atom. The minimum Gasteiger partial charge on any atom is -0.267 e. The third kappa shape index (κ3) is 2.32. The van der Waals surface area contributed by atoms with E-state index < -0.39 is 0 Å². The van der Waals surface area contributed by atoms with Crippen molar-refractivity contribution in [2.75, 3.05) is 0 Å². The van der Waals surface area contributed by atoms with Crippen molar-refractivity contribution in [2.45, 2.75) is 12.3 Å². The Morgan fingerprint density at radius 2 is 1.95 bits per heavy atom. The van der Waals surface area contributed by atoms with E-state index in [2.05, 4.69) is 4.99 Å². The number of halogens is 1. The number of hydrogen-bond donors (Lipinski definition) is 0. The van der Waals surface area contributed by atoms with Crippen LogP contribution in [0.15, 0.2) is 53.5 Å². The van der Waals surface area contributed by atoms with E-state index in [1.807, 2.05) is 24.3 Å². The van der Waals surface area contributed by atoms with Gasteiger partial charge in [0.25, 0.3) is 5.91 Å². The predicted molar refractivity (Wildman–Crippen MR) is 72.1 cm³/mol. The molecule has 2 aromatic rings. The summed E-state index contributed by atoms with van der Waals surface area (Å²) in [6, 6.07) is 14.0. The maximum absolute atomic E-state index is 13.2. The first kappa shape index (κ1) is 11.8. The molecule has 0 saturated carbocycles. The van der Waals surface area contributed by atoms with E-state index in [0.717, 1.165) is 11.1 Å². The lowest BCUT2D eigenvalue weighted by atomic mass is 9.88. The second kappa shape index (κ2) is 4.76. The number of benzene rings is 2. The highest BCUT2D eigenvalue weighted by Gasteiger charge is 2.22. The summed E-state index contributed by atoms with van der Waals surface area (Å²) in [5.41, 5.74) is 2.51. The third-order valence-corrected chi connectivity index (χ3v) is 3.31. The van der Waals surface area contributed by atoms with Crippen molar-refractivity contribution in [3.05, 3.63) is 71.0 Å². The van der Waals surface area contributed by atoms with Gasteiger partial charge >= 0.3 is 0 Å². The monoisotopic (exact) mass is 253 g/mol. The fourth-order valence-corrected chi connectivity index (χ4v) is 2.40. The van der Waals surface area contributed by atoms with Crippen molar-refractivity contribution in [3.8, 4) is 0 Å². The molecule has 2 nitrogen and oxygen atoms in total. The van der Waals surface area contributed by atoms with Gasteiger partial charge in [-0.1, -0.05) is 30.3 Å². The number of rotatable bonds is 2. The zero-order chi connectivity index (χ0) is 13.2. The fourth-order valence-electron chi connectivity index (χ4n) is 2.40. The van der Waals surface area contributed by atoms with Gasteiger partial charge < -0.3 is 0 Å². The first-order valence-electron chi connectivity index (χ1n) is 6.16.